The number of aromatic amines is 1. The fourth-order valence-electron chi connectivity index (χ4n) is 3.96. The Labute approximate surface area is 193 Å². The zero-order valence-corrected chi connectivity index (χ0v) is 18.9. The standard InChI is InChI=1S/C27H27N3O3/c1-18(26-28-15-16-29-26)30-27(31)23-17-21(11-14-24(23)33-3)25(19-7-5-4-6-8-19)20-9-12-22(32-2)13-10-20/h4-18,25H,1-3H3,(H,28,29)(H,30,31). The summed E-state index contributed by atoms with van der Waals surface area (Å²) in [5.41, 5.74) is 3.69. The van der Waals surface area contributed by atoms with Crippen LogP contribution in [0.3, 0.4) is 0 Å². The number of hydrogen-bond acceptors (Lipinski definition) is 4. The molecule has 0 saturated carbocycles. The maximum Gasteiger partial charge on any atom is 0.255 e. The molecule has 1 amide bonds. The molecule has 1 aromatic heterocycles. The summed E-state index contributed by atoms with van der Waals surface area (Å²) >= 11 is 0. The Hall–Kier alpha value is -4.06. The van der Waals surface area contributed by atoms with Crippen molar-refractivity contribution in [1.29, 1.82) is 0 Å². The van der Waals surface area contributed by atoms with Crippen LogP contribution in [-0.2, 0) is 0 Å². The maximum absolute atomic E-state index is 13.2. The highest BCUT2D eigenvalue weighted by Gasteiger charge is 2.22. The highest BCUT2D eigenvalue weighted by atomic mass is 16.5. The number of carbonyl (C=O) groups is 1. The van der Waals surface area contributed by atoms with Gasteiger partial charge in [0.25, 0.3) is 5.91 Å². The minimum Gasteiger partial charge on any atom is -0.497 e. The number of ether oxygens (including phenoxy) is 2. The van der Waals surface area contributed by atoms with E-state index in [0.717, 1.165) is 22.4 Å². The predicted molar refractivity (Wildman–Crippen MR) is 128 cm³/mol. The van der Waals surface area contributed by atoms with Crippen LogP contribution in [0.5, 0.6) is 11.5 Å². The third-order valence-corrected chi connectivity index (χ3v) is 5.66. The summed E-state index contributed by atoms with van der Waals surface area (Å²) < 4.78 is 10.8. The second-order valence-electron chi connectivity index (χ2n) is 7.75. The molecule has 0 saturated heterocycles. The number of imidazole rings is 1. The van der Waals surface area contributed by atoms with Crippen molar-refractivity contribution in [3.05, 3.63) is 113 Å². The summed E-state index contributed by atoms with van der Waals surface area (Å²) in [5, 5.41) is 3.00. The van der Waals surface area contributed by atoms with Crippen LogP contribution >= 0.6 is 0 Å². The number of rotatable bonds is 8. The molecule has 2 atom stereocenters. The van der Waals surface area contributed by atoms with Crippen molar-refractivity contribution in [3.8, 4) is 11.5 Å². The summed E-state index contributed by atoms with van der Waals surface area (Å²) in [6.07, 6.45) is 3.40. The number of H-pyrrole nitrogens is 1. The molecule has 0 aliphatic heterocycles. The SMILES string of the molecule is COc1ccc(C(c2ccccc2)c2ccc(OC)c(C(=O)NC(C)c3ncc[nH]3)c2)cc1. The average molecular weight is 442 g/mol. The van der Waals surface area contributed by atoms with E-state index in [2.05, 4.69) is 39.6 Å². The Balaban J connectivity index is 1.73. The van der Waals surface area contributed by atoms with E-state index in [-0.39, 0.29) is 17.9 Å². The highest BCUT2D eigenvalue weighted by Crippen LogP contribution is 2.35. The average Bonchev–Trinajstić information content (AvgIpc) is 3.40. The van der Waals surface area contributed by atoms with E-state index in [4.69, 9.17) is 9.47 Å². The number of aromatic nitrogens is 2. The van der Waals surface area contributed by atoms with Gasteiger partial charge in [-0.15, -0.1) is 0 Å². The van der Waals surface area contributed by atoms with E-state index < -0.39 is 0 Å². The van der Waals surface area contributed by atoms with Crippen LogP contribution in [0.25, 0.3) is 0 Å². The van der Waals surface area contributed by atoms with Crippen molar-refractivity contribution < 1.29 is 14.3 Å². The van der Waals surface area contributed by atoms with E-state index >= 15 is 0 Å². The normalized spacial score (nSPS) is 12.6. The van der Waals surface area contributed by atoms with Gasteiger partial charge in [0, 0.05) is 18.3 Å². The molecule has 3 aromatic carbocycles. The Bertz CT molecular complexity index is 1190. The van der Waals surface area contributed by atoms with Crippen LogP contribution in [0.2, 0.25) is 0 Å². The molecule has 0 fully saturated rings. The molecular weight excluding hydrogens is 414 g/mol. The predicted octanol–water partition coefficient (Wildman–Crippen LogP) is 5.10. The van der Waals surface area contributed by atoms with Crippen LogP contribution < -0.4 is 14.8 Å². The van der Waals surface area contributed by atoms with Crippen molar-refractivity contribution in [1.82, 2.24) is 15.3 Å². The first-order valence-electron chi connectivity index (χ1n) is 10.8. The van der Waals surface area contributed by atoms with Gasteiger partial charge in [0.2, 0.25) is 0 Å². The van der Waals surface area contributed by atoms with Crippen molar-refractivity contribution in [2.45, 2.75) is 18.9 Å². The number of nitrogens with one attached hydrogen (secondary N) is 2. The molecule has 33 heavy (non-hydrogen) atoms. The Kier molecular flexibility index (Phi) is 6.74. The summed E-state index contributed by atoms with van der Waals surface area (Å²) in [7, 11) is 3.22. The lowest BCUT2D eigenvalue weighted by atomic mass is 9.84. The molecular formula is C27H27N3O3. The van der Waals surface area contributed by atoms with Gasteiger partial charge in [0.05, 0.1) is 25.8 Å². The molecule has 0 radical (unpaired) electrons. The second kappa shape index (κ2) is 10.0. The van der Waals surface area contributed by atoms with Gasteiger partial charge in [-0.1, -0.05) is 48.5 Å². The molecule has 6 heteroatoms. The van der Waals surface area contributed by atoms with Crippen LogP contribution in [-0.4, -0.2) is 30.1 Å². The van der Waals surface area contributed by atoms with Gasteiger partial charge >= 0.3 is 0 Å². The first-order chi connectivity index (χ1) is 16.1. The highest BCUT2D eigenvalue weighted by molar-refractivity contribution is 5.97. The van der Waals surface area contributed by atoms with Gasteiger partial charge in [0.15, 0.2) is 0 Å². The molecule has 1 heterocycles. The van der Waals surface area contributed by atoms with E-state index in [9.17, 15) is 4.79 Å². The minimum atomic E-state index is -0.271. The van der Waals surface area contributed by atoms with Gasteiger partial charge in [0.1, 0.15) is 17.3 Å². The monoisotopic (exact) mass is 441 g/mol. The Morgan fingerprint density at radius 3 is 2.24 bits per heavy atom. The molecule has 2 unspecified atom stereocenters. The number of carbonyl (C=O) groups excluding carboxylic acids is 1. The molecule has 4 rings (SSSR count). The van der Waals surface area contributed by atoms with Gasteiger partial charge < -0.3 is 19.8 Å². The first-order valence-corrected chi connectivity index (χ1v) is 10.8. The Morgan fingerprint density at radius 2 is 1.61 bits per heavy atom. The van der Waals surface area contributed by atoms with E-state index in [1.54, 1.807) is 26.6 Å². The zero-order valence-electron chi connectivity index (χ0n) is 18.9. The van der Waals surface area contributed by atoms with Crippen molar-refractivity contribution in [2.75, 3.05) is 14.2 Å². The summed E-state index contributed by atoms with van der Waals surface area (Å²) in [6, 6.07) is 23.7. The topological polar surface area (TPSA) is 76.2 Å². The van der Waals surface area contributed by atoms with Gasteiger partial charge in [-0.3, -0.25) is 4.79 Å². The third kappa shape index (κ3) is 4.90. The van der Waals surface area contributed by atoms with Crippen LogP contribution in [0.1, 0.15) is 51.8 Å². The van der Waals surface area contributed by atoms with Crippen LogP contribution in [0.4, 0.5) is 0 Å². The van der Waals surface area contributed by atoms with Gasteiger partial charge in [-0.2, -0.15) is 0 Å². The van der Waals surface area contributed by atoms with Crippen LogP contribution in [0.15, 0.2) is 85.2 Å². The Morgan fingerprint density at radius 1 is 0.909 bits per heavy atom. The van der Waals surface area contributed by atoms with Crippen molar-refractivity contribution >= 4 is 5.91 Å². The second-order valence-corrected chi connectivity index (χ2v) is 7.75. The molecule has 0 aliphatic carbocycles. The van der Waals surface area contributed by atoms with E-state index in [1.807, 2.05) is 55.5 Å². The molecule has 0 aliphatic rings. The number of hydrogen-bond donors (Lipinski definition) is 2. The summed E-state index contributed by atoms with van der Waals surface area (Å²) in [5.74, 6) is 1.73. The quantitative estimate of drug-likeness (QED) is 0.373. The lowest BCUT2D eigenvalue weighted by Crippen LogP contribution is -2.28. The van der Waals surface area contributed by atoms with Crippen molar-refractivity contribution in [2.24, 2.45) is 0 Å². The number of methoxy groups -OCH3 is 2. The molecule has 6 nitrogen and oxygen atoms in total. The third-order valence-electron chi connectivity index (χ3n) is 5.66. The lowest BCUT2D eigenvalue weighted by molar-refractivity contribution is 0.0935. The number of amides is 1. The van der Waals surface area contributed by atoms with Gasteiger partial charge in [-0.25, -0.2) is 4.98 Å². The molecule has 0 spiro atoms. The number of benzene rings is 3. The van der Waals surface area contributed by atoms with Crippen molar-refractivity contribution in [3.63, 3.8) is 0 Å². The number of nitrogens with zero attached hydrogens (tertiary/aromatic N) is 1. The molecule has 2 N–H and O–H groups in total. The maximum atomic E-state index is 13.2. The molecule has 168 valence electrons. The van der Waals surface area contributed by atoms with E-state index in [1.165, 1.54) is 0 Å². The summed E-state index contributed by atoms with van der Waals surface area (Å²) in [4.78, 5) is 20.5. The fourth-order valence-corrected chi connectivity index (χ4v) is 3.96. The smallest absolute Gasteiger partial charge is 0.255 e. The minimum absolute atomic E-state index is 0.0583. The molecule has 0 bridgehead atoms. The summed E-state index contributed by atoms with van der Waals surface area (Å²) in [6.45, 7) is 1.89. The zero-order chi connectivity index (χ0) is 23.2. The first kappa shape index (κ1) is 22.1. The van der Waals surface area contributed by atoms with Crippen LogP contribution in [0, 0.1) is 0 Å². The van der Waals surface area contributed by atoms with E-state index in [0.29, 0.717) is 17.1 Å². The molecule has 4 aromatic rings. The lowest BCUT2D eigenvalue weighted by Gasteiger charge is -2.21. The largest absolute Gasteiger partial charge is 0.497 e. The van der Waals surface area contributed by atoms with Gasteiger partial charge in [-0.05, 0) is 47.9 Å². The fraction of sp³-hybridized carbons (Fsp3) is 0.185.